The Labute approximate surface area is 174 Å². The number of carbonyl (C=O) groups excluding carboxylic acids is 1. The molecule has 1 fully saturated rings. The number of fused-ring (bicyclic) bond motifs is 2. The van der Waals surface area contributed by atoms with Gasteiger partial charge in [0, 0.05) is 6.20 Å². The molecule has 154 valence electrons. The number of thiophene rings is 1. The van der Waals surface area contributed by atoms with Crippen LogP contribution < -0.4 is 5.56 Å². The fraction of sp³-hybridized carbons (Fsp3) is 0.500. The number of aromatic nitrogens is 2. The van der Waals surface area contributed by atoms with Gasteiger partial charge in [-0.05, 0) is 50.3 Å². The first-order chi connectivity index (χ1) is 13.8. The highest BCUT2D eigenvalue weighted by Crippen LogP contribution is 2.37. The summed E-state index contributed by atoms with van der Waals surface area (Å²) >= 11 is 1.29. The van der Waals surface area contributed by atoms with Gasteiger partial charge >= 0.3 is 0 Å². The molecule has 0 aromatic carbocycles. The highest BCUT2D eigenvalue weighted by atomic mass is 32.1. The summed E-state index contributed by atoms with van der Waals surface area (Å²) in [5, 5.41) is 0.485. The van der Waals surface area contributed by atoms with Gasteiger partial charge in [-0.15, -0.1) is 11.3 Å². The fourth-order valence-corrected chi connectivity index (χ4v) is 4.97. The standard InChI is InChI=1S/C22H27N3O3S/c1-5-15-13-28-22(4,10-9-14(2)3)25(15)21(27)17-12-16-19(29-17)23-18-8-6-7-11-24(18)20(16)26/h6-8,11-12,14-15H,5,9-10,13H2,1-4H3/t15-,22-/m1/s1. The van der Waals surface area contributed by atoms with Crippen LogP contribution in [-0.4, -0.2) is 38.6 Å². The average molecular weight is 414 g/mol. The Morgan fingerprint density at radius 1 is 1.41 bits per heavy atom. The maximum Gasteiger partial charge on any atom is 0.266 e. The summed E-state index contributed by atoms with van der Waals surface area (Å²) in [5.74, 6) is 0.464. The zero-order chi connectivity index (χ0) is 20.8. The van der Waals surface area contributed by atoms with E-state index >= 15 is 0 Å². The van der Waals surface area contributed by atoms with Gasteiger partial charge in [0.1, 0.15) is 16.2 Å². The maximum absolute atomic E-state index is 13.6. The minimum absolute atomic E-state index is 0.0398. The molecule has 1 saturated heterocycles. The van der Waals surface area contributed by atoms with E-state index in [0.29, 0.717) is 33.3 Å². The molecule has 0 N–H and O–H groups in total. The molecular formula is C22H27N3O3S. The summed E-state index contributed by atoms with van der Waals surface area (Å²) in [6, 6.07) is 7.18. The summed E-state index contributed by atoms with van der Waals surface area (Å²) in [6.07, 6.45) is 4.31. The molecule has 0 saturated carbocycles. The molecule has 4 rings (SSSR count). The molecule has 0 aliphatic carbocycles. The van der Waals surface area contributed by atoms with Crippen molar-refractivity contribution < 1.29 is 9.53 Å². The molecule has 1 aliphatic heterocycles. The second kappa shape index (κ2) is 7.54. The summed E-state index contributed by atoms with van der Waals surface area (Å²) < 4.78 is 7.66. The number of hydrogen-bond donors (Lipinski definition) is 0. The first-order valence-electron chi connectivity index (χ1n) is 10.2. The zero-order valence-electron chi connectivity index (χ0n) is 17.3. The molecule has 3 aromatic rings. The number of pyridine rings is 1. The minimum atomic E-state index is -0.620. The molecule has 6 nitrogen and oxygen atoms in total. The predicted molar refractivity (Wildman–Crippen MR) is 116 cm³/mol. The number of nitrogens with zero attached hydrogens (tertiary/aromatic N) is 3. The summed E-state index contributed by atoms with van der Waals surface area (Å²) in [7, 11) is 0. The van der Waals surface area contributed by atoms with Gasteiger partial charge < -0.3 is 9.64 Å². The molecule has 1 aliphatic rings. The third kappa shape index (κ3) is 3.46. The van der Waals surface area contributed by atoms with E-state index in [0.717, 1.165) is 19.3 Å². The molecule has 29 heavy (non-hydrogen) atoms. The van der Waals surface area contributed by atoms with Crippen LogP contribution in [0.25, 0.3) is 15.9 Å². The second-order valence-corrected chi connectivity index (χ2v) is 9.36. The van der Waals surface area contributed by atoms with Crippen molar-refractivity contribution in [2.24, 2.45) is 5.92 Å². The number of carbonyl (C=O) groups is 1. The van der Waals surface area contributed by atoms with E-state index < -0.39 is 5.72 Å². The lowest BCUT2D eigenvalue weighted by molar-refractivity contribution is -0.0639. The topological polar surface area (TPSA) is 63.9 Å². The second-order valence-electron chi connectivity index (χ2n) is 8.33. The van der Waals surface area contributed by atoms with Crippen molar-refractivity contribution in [1.82, 2.24) is 14.3 Å². The van der Waals surface area contributed by atoms with Crippen LogP contribution in [-0.2, 0) is 4.74 Å². The number of ether oxygens (including phenoxy) is 1. The third-order valence-electron chi connectivity index (χ3n) is 5.76. The Bertz CT molecular complexity index is 1120. The Balaban J connectivity index is 1.75. The van der Waals surface area contributed by atoms with Crippen LogP contribution in [0.3, 0.4) is 0 Å². The average Bonchev–Trinajstić information content (AvgIpc) is 3.28. The molecule has 1 amide bonds. The van der Waals surface area contributed by atoms with Crippen molar-refractivity contribution >= 4 is 33.1 Å². The highest BCUT2D eigenvalue weighted by molar-refractivity contribution is 7.20. The van der Waals surface area contributed by atoms with Crippen LogP contribution in [0.2, 0.25) is 0 Å². The lowest BCUT2D eigenvalue weighted by Crippen LogP contribution is -2.49. The lowest BCUT2D eigenvalue weighted by Gasteiger charge is -2.36. The monoisotopic (exact) mass is 413 g/mol. The van der Waals surface area contributed by atoms with E-state index in [1.165, 1.54) is 15.7 Å². The number of amides is 1. The van der Waals surface area contributed by atoms with Gasteiger partial charge in [0.05, 0.1) is 22.9 Å². The van der Waals surface area contributed by atoms with E-state index in [9.17, 15) is 9.59 Å². The normalized spacial score (nSPS) is 22.2. The molecule has 0 spiro atoms. The van der Waals surface area contributed by atoms with Gasteiger partial charge in [-0.25, -0.2) is 4.98 Å². The van der Waals surface area contributed by atoms with E-state index in [4.69, 9.17) is 4.74 Å². The molecule has 2 atom stereocenters. The summed E-state index contributed by atoms with van der Waals surface area (Å²) in [6.45, 7) is 8.99. The SMILES string of the molecule is CC[C@@H]1CO[C@](C)(CCC(C)C)N1C(=O)c1cc2c(=O)n3ccccc3nc2s1. The summed E-state index contributed by atoms with van der Waals surface area (Å²) in [4.78, 5) is 34.0. The van der Waals surface area contributed by atoms with Crippen LogP contribution >= 0.6 is 11.3 Å². The molecular weight excluding hydrogens is 386 g/mol. The predicted octanol–water partition coefficient (Wildman–Crippen LogP) is 4.31. The molecule has 4 heterocycles. The lowest BCUT2D eigenvalue weighted by atomic mass is 9.99. The van der Waals surface area contributed by atoms with Crippen molar-refractivity contribution in [1.29, 1.82) is 0 Å². The minimum Gasteiger partial charge on any atom is -0.354 e. The Hall–Kier alpha value is -2.25. The van der Waals surface area contributed by atoms with Crippen molar-refractivity contribution in [3.63, 3.8) is 0 Å². The van der Waals surface area contributed by atoms with Crippen molar-refractivity contribution in [3.8, 4) is 0 Å². The summed E-state index contributed by atoms with van der Waals surface area (Å²) in [5.41, 5.74) is -0.178. The number of rotatable bonds is 5. The van der Waals surface area contributed by atoms with Gasteiger partial charge in [-0.2, -0.15) is 0 Å². The third-order valence-corrected chi connectivity index (χ3v) is 6.78. The number of hydrogen-bond acceptors (Lipinski definition) is 5. The fourth-order valence-electron chi connectivity index (χ4n) is 4.01. The highest BCUT2D eigenvalue weighted by Gasteiger charge is 2.46. The van der Waals surface area contributed by atoms with E-state index in [1.54, 1.807) is 24.4 Å². The first kappa shape index (κ1) is 20.0. The Morgan fingerprint density at radius 2 is 2.21 bits per heavy atom. The maximum atomic E-state index is 13.6. The van der Waals surface area contributed by atoms with Gasteiger partial charge in [0.15, 0.2) is 0 Å². The van der Waals surface area contributed by atoms with Gasteiger partial charge in [-0.3, -0.25) is 14.0 Å². The van der Waals surface area contributed by atoms with Crippen LogP contribution in [0.1, 0.15) is 56.6 Å². The van der Waals surface area contributed by atoms with Crippen molar-refractivity contribution in [2.45, 2.75) is 58.7 Å². The van der Waals surface area contributed by atoms with E-state index in [-0.39, 0.29) is 17.5 Å². The van der Waals surface area contributed by atoms with Crippen molar-refractivity contribution in [2.75, 3.05) is 6.61 Å². The smallest absolute Gasteiger partial charge is 0.266 e. The van der Waals surface area contributed by atoms with Crippen molar-refractivity contribution in [3.05, 3.63) is 45.7 Å². The Morgan fingerprint density at radius 3 is 2.93 bits per heavy atom. The van der Waals surface area contributed by atoms with Gasteiger partial charge in [0.2, 0.25) is 0 Å². The van der Waals surface area contributed by atoms with Gasteiger partial charge in [0.25, 0.3) is 11.5 Å². The molecule has 3 aromatic heterocycles. The Kier molecular flexibility index (Phi) is 5.21. The molecule has 0 radical (unpaired) electrons. The largest absolute Gasteiger partial charge is 0.354 e. The van der Waals surface area contributed by atoms with E-state index in [2.05, 4.69) is 25.8 Å². The quantitative estimate of drug-likeness (QED) is 0.625. The van der Waals surface area contributed by atoms with Crippen LogP contribution in [0.5, 0.6) is 0 Å². The van der Waals surface area contributed by atoms with Gasteiger partial charge in [-0.1, -0.05) is 26.8 Å². The zero-order valence-corrected chi connectivity index (χ0v) is 18.2. The molecule has 0 bridgehead atoms. The first-order valence-corrected chi connectivity index (χ1v) is 11.0. The van der Waals surface area contributed by atoms with Crippen LogP contribution in [0.15, 0.2) is 35.3 Å². The van der Waals surface area contributed by atoms with Crippen LogP contribution in [0, 0.1) is 5.92 Å². The molecule has 0 unspecified atom stereocenters. The molecule has 7 heteroatoms. The van der Waals surface area contributed by atoms with E-state index in [1.807, 2.05) is 17.9 Å². The van der Waals surface area contributed by atoms with Crippen LogP contribution in [0.4, 0.5) is 0 Å².